The van der Waals surface area contributed by atoms with E-state index in [9.17, 15) is 10.2 Å². The average molecular weight is 354 g/mol. The lowest BCUT2D eigenvalue weighted by Gasteiger charge is -2.31. The summed E-state index contributed by atoms with van der Waals surface area (Å²) in [4.78, 5) is 2.20. The zero-order valence-corrected chi connectivity index (χ0v) is 14.5. The summed E-state index contributed by atoms with van der Waals surface area (Å²) in [7, 11) is 2.04. The normalized spacial score (nSPS) is 32.0. The third-order valence-corrected chi connectivity index (χ3v) is 4.95. The largest absolute Gasteiger partial charge is 0.491 e. The fourth-order valence-corrected chi connectivity index (χ4v) is 3.70. The summed E-state index contributed by atoms with van der Waals surface area (Å²) < 4.78 is 11.2. The summed E-state index contributed by atoms with van der Waals surface area (Å²) in [6, 6.07) is 7.33. The van der Waals surface area contributed by atoms with Crippen LogP contribution in [-0.2, 0) is 4.74 Å². The highest BCUT2D eigenvalue weighted by Gasteiger charge is 2.42. The summed E-state index contributed by atoms with van der Waals surface area (Å²) in [5.41, 5.74) is 0. The lowest BCUT2D eigenvalue weighted by molar-refractivity contribution is -0.171. The number of fused-ring (bicyclic) bond motifs is 1. The van der Waals surface area contributed by atoms with Gasteiger partial charge in [-0.15, -0.1) is 0 Å². The Labute approximate surface area is 147 Å². The number of nitrogens with zero attached hydrogens (tertiary/aromatic N) is 1. The predicted molar refractivity (Wildman–Crippen MR) is 92.1 cm³/mol. The molecule has 5 atom stereocenters. The Kier molecular flexibility index (Phi) is 5.79. The monoisotopic (exact) mass is 353 g/mol. The lowest BCUT2D eigenvalue weighted by Crippen LogP contribution is -2.36. The first-order valence-corrected chi connectivity index (χ1v) is 8.69. The Morgan fingerprint density at radius 1 is 1.46 bits per heavy atom. The first-order valence-electron chi connectivity index (χ1n) is 8.31. The second kappa shape index (κ2) is 7.85. The Bertz CT molecular complexity index is 582. The van der Waals surface area contributed by atoms with Crippen LogP contribution < -0.4 is 4.74 Å². The maximum absolute atomic E-state index is 10.1. The van der Waals surface area contributed by atoms with Crippen LogP contribution in [0.1, 0.15) is 12.8 Å². The highest BCUT2D eigenvalue weighted by Crippen LogP contribution is 2.35. The molecule has 2 saturated heterocycles. The minimum atomic E-state index is -0.688. The molecule has 132 valence electrons. The van der Waals surface area contributed by atoms with Crippen LogP contribution in [0.2, 0.25) is 5.02 Å². The van der Waals surface area contributed by atoms with Crippen molar-refractivity contribution < 1.29 is 19.7 Å². The Morgan fingerprint density at radius 3 is 3.08 bits per heavy atom. The van der Waals surface area contributed by atoms with E-state index in [-0.39, 0.29) is 18.8 Å². The van der Waals surface area contributed by atoms with Gasteiger partial charge in [0, 0.05) is 23.5 Å². The Morgan fingerprint density at radius 2 is 2.29 bits per heavy atom. The van der Waals surface area contributed by atoms with Crippen molar-refractivity contribution in [2.75, 3.05) is 20.2 Å². The van der Waals surface area contributed by atoms with Crippen LogP contribution in [0.5, 0.6) is 5.75 Å². The van der Waals surface area contributed by atoms with Crippen molar-refractivity contribution in [3.63, 3.8) is 0 Å². The average Bonchev–Trinajstić information content (AvgIpc) is 2.85. The predicted octanol–water partition coefficient (Wildman–Crippen LogP) is 2.06. The summed E-state index contributed by atoms with van der Waals surface area (Å²) in [5, 5.41) is 20.4. The minimum Gasteiger partial charge on any atom is -0.491 e. The van der Waals surface area contributed by atoms with Crippen molar-refractivity contribution >= 4 is 11.6 Å². The number of hydrogen-bond acceptors (Lipinski definition) is 5. The van der Waals surface area contributed by atoms with Crippen LogP contribution in [0, 0.1) is 5.92 Å². The number of benzene rings is 1. The minimum absolute atomic E-state index is 0.0632. The van der Waals surface area contributed by atoms with Crippen molar-refractivity contribution in [3.8, 4) is 5.75 Å². The topological polar surface area (TPSA) is 62.2 Å². The van der Waals surface area contributed by atoms with Gasteiger partial charge < -0.3 is 19.7 Å². The molecule has 0 saturated carbocycles. The van der Waals surface area contributed by atoms with E-state index in [2.05, 4.69) is 4.90 Å². The number of aliphatic hydroxyl groups is 2. The molecule has 2 aliphatic heterocycles. The Balaban J connectivity index is 1.53. The lowest BCUT2D eigenvalue weighted by atomic mass is 9.90. The fraction of sp³-hybridized carbons (Fsp3) is 0.556. The number of aliphatic hydroxyl groups excluding tert-OH is 2. The molecular formula is C18H24ClNO4. The van der Waals surface area contributed by atoms with Gasteiger partial charge in [-0.1, -0.05) is 29.8 Å². The molecule has 1 aromatic rings. The molecule has 6 heteroatoms. The highest BCUT2D eigenvalue weighted by atomic mass is 35.5. The number of hydrogen-bond donors (Lipinski definition) is 2. The van der Waals surface area contributed by atoms with E-state index in [0.29, 0.717) is 23.1 Å². The van der Waals surface area contributed by atoms with Crippen molar-refractivity contribution in [1.29, 1.82) is 0 Å². The van der Waals surface area contributed by atoms with Crippen LogP contribution in [0.3, 0.4) is 0 Å². The highest BCUT2D eigenvalue weighted by molar-refractivity contribution is 6.30. The molecule has 0 bridgehead atoms. The molecule has 0 aromatic heterocycles. The number of halogens is 1. The molecule has 2 N–H and O–H groups in total. The molecule has 2 heterocycles. The zero-order valence-electron chi connectivity index (χ0n) is 13.7. The maximum Gasteiger partial charge on any atom is 0.154 e. The van der Waals surface area contributed by atoms with Crippen molar-refractivity contribution in [1.82, 2.24) is 4.90 Å². The van der Waals surface area contributed by atoms with Gasteiger partial charge in [0.15, 0.2) is 6.29 Å². The van der Waals surface area contributed by atoms with Gasteiger partial charge >= 0.3 is 0 Å². The number of ether oxygens (including phenoxy) is 2. The summed E-state index contributed by atoms with van der Waals surface area (Å²) in [6.07, 6.45) is 4.13. The SMILES string of the molecule is CN1CC2OC(O)CCC2C1/C=C/C(O)COc1cccc(Cl)c1. The maximum atomic E-state index is 10.1. The van der Waals surface area contributed by atoms with Gasteiger partial charge in [-0.05, 0) is 38.1 Å². The molecule has 0 spiro atoms. The molecule has 5 nitrogen and oxygen atoms in total. The summed E-state index contributed by atoms with van der Waals surface area (Å²) in [6.45, 7) is 0.975. The van der Waals surface area contributed by atoms with E-state index in [1.54, 1.807) is 18.2 Å². The standard InChI is InChI=1S/C18H24ClNO4/c1-20-10-17-15(6-8-18(22)24-17)16(20)7-5-13(21)11-23-14-4-2-3-12(19)9-14/h2-5,7,9,13,15-18,21-22H,6,8,10-11H2,1H3/b7-5+. The van der Waals surface area contributed by atoms with Gasteiger partial charge in [0.05, 0.1) is 6.10 Å². The van der Waals surface area contributed by atoms with Gasteiger partial charge in [0.2, 0.25) is 0 Å². The van der Waals surface area contributed by atoms with Gasteiger partial charge in [0.1, 0.15) is 18.5 Å². The van der Waals surface area contributed by atoms with Gasteiger partial charge in [0.25, 0.3) is 0 Å². The second-order valence-corrected chi connectivity index (χ2v) is 6.96. The van der Waals surface area contributed by atoms with Crippen molar-refractivity contribution in [2.45, 2.75) is 37.4 Å². The molecule has 0 aliphatic carbocycles. The molecule has 5 unspecified atom stereocenters. The third kappa shape index (κ3) is 4.29. The van der Waals surface area contributed by atoms with Crippen LogP contribution in [-0.4, -0.2) is 59.9 Å². The molecule has 0 amide bonds. The molecule has 0 radical (unpaired) electrons. The summed E-state index contributed by atoms with van der Waals surface area (Å²) >= 11 is 5.91. The van der Waals surface area contributed by atoms with E-state index in [1.165, 1.54) is 0 Å². The van der Waals surface area contributed by atoms with Gasteiger partial charge in [-0.2, -0.15) is 0 Å². The van der Waals surface area contributed by atoms with Crippen molar-refractivity contribution in [2.24, 2.45) is 5.92 Å². The van der Waals surface area contributed by atoms with E-state index < -0.39 is 12.4 Å². The Hall–Kier alpha value is -1.11. The molecular weight excluding hydrogens is 330 g/mol. The quantitative estimate of drug-likeness (QED) is 0.793. The van der Waals surface area contributed by atoms with Crippen LogP contribution in [0.25, 0.3) is 0 Å². The first-order chi connectivity index (χ1) is 11.5. The van der Waals surface area contributed by atoms with Crippen LogP contribution >= 0.6 is 11.6 Å². The van der Waals surface area contributed by atoms with E-state index in [4.69, 9.17) is 21.1 Å². The third-order valence-electron chi connectivity index (χ3n) is 4.72. The molecule has 2 fully saturated rings. The summed E-state index contributed by atoms with van der Waals surface area (Å²) in [5.74, 6) is 0.998. The van der Waals surface area contributed by atoms with E-state index in [1.807, 2.05) is 25.3 Å². The molecule has 3 rings (SSSR count). The first kappa shape index (κ1) is 17.7. The number of likely N-dealkylation sites (N-methyl/N-ethyl adjacent to an activating group) is 1. The van der Waals surface area contributed by atoms with E-state index in [0.717, 1.165) is 13.0 Å². The zero-order chi connectivity index (χ0) is 17.1. The van der Waals surface area contributed by atoms with Crippen LogP contribution in [0.15, 0.2) is 36.4 Å². The van der Waals surface area contributed by atoms with Gasteiger partial charge in [-0.3, -0.25) is 4.90 Å². The number of likely N-dealkylation sites (tertiary alicyclic amines) is 1. The molecule has 1 aromatic carbocycles. The van der Waals surface area contributed by atoms with Crippen molar-refractivity contribution in [3.05, 3.63) is 41.4 Å². The van der Waals surface area contributed by atoms with Gasteiger partial charge in [-0.25, -0.2) is 0 Å². The second-order valence-electron chi connectivity index (χ2n) is 6.52. The van der Waals surface area contributed by atoms with Crippen LogP contribution in [0.4, 0.5) is 0 Å². The molecule has 24 heavy (non-hydrogen) atoms. The van der Waals surface area contributed by atoms with E-state index >= 15 is 0 Å². The smallest absolute Gasteiger partial charge is 0.154 e. The fourth-order valence-electron chi connectivity index (χ4n) is 3.52. The number of rotatable bonds is 5. The molecule has 2 aliphatic rings.